The summed E-state index contributed by atoms with van der Waals surface area (Å²) in [5, 5.41) is 4.39. The van der Waals surface area contributed by atoms with E-state index in [1.165, 1.54) is 24.0 Å². The molecule has 3 heteroatoms. The van der Waals surface area contributed by atoms with Crippen LogP contribution in [-0.4, -0.2) is 0 Å². The molecule has 3 N–H and O–H groups in total. The standard InChI is InChI=1S/C12H22N2S/c1-9(2)5-4-6-12(14-13)11-8-15-7-10(11)3/h7-9,12,14H,4-6,13H2,1-3H3. The van der Waals surface area contributed by atoms with E-state index < -0.39 is 0 Å². The second kappa shape index (κ2) is 6.26. The van der Waals surface area contributed by atoms with Gasteiger partial charge < -0.3 is 0 Å². The van der Waals surface area contributed by atoms with Gasteiger partial charge in [-0.2, -0.15) is 11.3 Å². The Kier molecular flexibility index (Phi) is 5.29. The lowest BCUT2D eigenvalue weighted by Crippen LogP contribution is -2.28. The summed E-state index contributed by atoms with van der Waals surface area (Å²) in [5.74, 6) is 6.39. The number of aryl methyl sites for hydroxylation is 1. The van der Waals surface area contributed by atoms with Gasteiger partial charge in [-0.3, -0.25) is 11.3 Å². The lowest BCUT2D eigenvalue weighted by Gasteiger charge is -2.16. The topological polar surface area (TPSA) is 38.0 Å². The van der Waals surface area contributed by atoms with Crippen molar-refractivity contribution in [1.29, 1.82) is 0 Å². The lowest BCUT2D eigenvalue weighted by molar-refractivity contribution is 0.455. The van der Waals surface area contributed by atoms with Crippen molar-refractivity contribution in [3.05, 3.63) is 21.9 Å². The van der Waals surface area contributed by atoms with E-state index >= 15 is 0 Å². The average molecular weight is 226 g/mol. The minimum Gasteiger partial charge on any atom is -0.271 e. The summed E-state index contributed by atoms with van der Waals surface area (Å²) in [4.78, 5) is 0. The lowest BCUT2D eigenvalue weighted by atomic mass is 9.98. The van der Waals surface area contributed by atoms with Gasteiger partial charge in [0.1, 0.15) is 0 Å². The molecule has 86 valence electrons. The van der Waals surface area contributed by atoms with Crippen LogP contribution in [-0.2, 0) is 0 Å². The summed E-state index contributed by atoms with van der Waals surface area (Å²) < 4.78 is 0. The molecular weight excluding hydrogens is 204 g/mol. The van der Waals surface area contributed by atoms with Gasteiger partial charge in [0.05, 0.1) is 0 Å². The highest BCUT2D eigenvalue weighted by molar-refractivity contribution is 7.08. The van der Waals surface area contributed by atoms with E-state index in [4.69, 9.17) is 5.84 Å². The fraction of sp³-hybridized carbons (Fsp3) is 0.667. The minimum atomic E-state index is 0.329. The summed E-state index contributed by atoms with van der Waals surface area (Å²) in [6, 6.07) is 0.329. The van der Waals surface area contributed by atoms with Crippen molar-refractivity contribution in [3.8, 4) is 0 Å². The van der Waals surface area contributed by atoms with E-state index in [0.717, 1.165) is 12.3 Å². The Hall–Kier alpha value is -0.380. The van der Waals surface area contributed by atoms with Crippen LogP contribution in [0.5, 0.6) is 0 Å². The van der Waals surface area contributed by atoms with Crippen molar-refractivity contribution in [2.45, 2.75) is 46.1 Å². The van der Waals surface area contributed by atoms with Crippen molar-refractivity contribution in [1.82, 2.24) is 5.43 Å². The fourth-order valence-corrected chi connectivity index (χ4v) is 2.69. The predicted octanol–water partition coefficient (Wildman–Crippen LogP) is 3.39. The van der Waals surface area contributed by atoms with E-state index in [1.54, 1.807) is 11.3 Å². The Labute approximate surface area is 96.9 Å². The van der Waals surface area contributed by atoms with E-state index in [1.807, 2.05) is 0 Å². The van der Waals surface area contributed by atoms with E-state index in [2.05, 4.69) is 37.0 Å². The van der Waals surface area contributed by atoms with Gasteiger partial charge in [0, 0.05) is 6.04 Å². The number of nitrogens with two attached hydrogens (primary N) is 1. The van der Waals surface area contributed by atoms with Gasteiger partial charge in [-0.05, 0) is 41.1 Å². The van der Waals surface area contributed by atoms with Crippen LogP contribution in [0.3, 0.4) is 0 Å². The van der Waals surface area contributed by atoms with Gasteiger partial charge in [0.2, 0.25) is 0 Å². The quantitative estimate of drug-likeness (QED) is 0.576. The maximum Gasteiger partial charge on any atom is 0.0470 e. The van der Waals surface area contributed by atoms with Gasteiger partial charge in [0.15, 0.2) is 0 Å². The van der Waals surface area contributed by atoms with Crippen LogP contribution < -0.4 is 11.3 Å². The molecule has 15 heavy (non-hydrogen) atoms. The third kappa shape index (κ3) is 3.93. The molecule has 2 nitrogen and oxygen atoms in total. The maximum atomic E-state index is 5.60. The van der Waals surface area contributed by atoms with Crippen molar-refractivity contribution in [3.63, 3.8) is 0 Å². The van der Waals surface area contributed by atoms with Crippen LogP contribution >= 0.6 is 11.3 Å². The summed E-state index contributed by atoms with van der Waals surface area (Å²) in [6.07, 6.45) is 3.65. The first-order valence-electron chi connectivity index (χ1n) is 5.64. The Morgan fingerprint density at radius 3 is 2.53 bits per heavy atom. The smallest absolute Gasteiger partial charge is 0.0470 e. The molecule has 0 spiro atoms. The molecule has 0 bridgehead atoms. The first-order valence-corrected chi connectivity index (χ1v) is 6.58. The molecule has 1 heterocycles. The number of thiophene rings is 1. The van der Waals surface area contributed by atoms with Crippen molar-refractivity contribution in [2.75, 3.05) is 0 Å². The number of rotatable bonds is 6. The highest BCUT2D eigenvalue weighted by atomic mass is 32.1. The molecule has 1 atom stereocenters. The van der Waals surface area contributed by atoms with E-state index in [9.17, 15) is 0 Å². The summed E-state index contributed by atoms with van der Waals surface area (Å²) in [6.45, 7) is 6.68. The zero-order valence-corrected chi connectivity index (χ0v) is 10.7. The van der Waals surface area contributed by atoms with Crippen LogP contribution in [0.25, 0.3) is 0 Å². The van der Waals surface area contributed by atoms with Crippen molar-refractivity contribution < 1.29 is 0 Å². The van der Waals surface area contributed by atoms with Crippen LogP contribution in [0.2, 0.25) is 0 Å². The molecule has 0 aromatic carbocycles. The van der Waals surface area contributed by atoms with E-state index in [0.29, 0.717) is 6.04 Å². The Bertz CT molecular complexity index is 281. The SMILES string of the molecule is Cc1cscc1C(CCCC(C)C)NN. The van der Waals surface area contributed by atoms with Crippen molar-refractivity contribution >= 4 is 11.3 Å². The highest BCUT2D eigenvalue weighted by Crippen LogP contribution is 2.25. The van der Waals surface area contributed by atoms with Gasteiger partial charge in [-0.25, -0.2) is 0 Å². The zero-order valence-electron chi connectivity index (χ0n) is 9.92. The van der Waals surface area contributed by atoms with Crippen molar-refractivity contribution in [2.24, 2.45) is 11.8 Å². The largest absolute Gasteiger partial charge is 0.271 e. The number of nitrogens with one attached hydrogen (secondary N) is 1. The summed E-state index contributed by atoms with van der Waals surface area (Å²) in [5.41, 5.74) is 5.65. The molecule has 0 radical (unpaired) electrons. The monoisotopic (exact) mass is 226 g/mol. The summed E-state index contributed by atoms with van der Waals surface area (Å²) in [7, 11) is 0. The van der Waals surface area contributed by atoms with Gasteiger partial charge in [-0.15, -0.1) is 0 Å². The average Bonchev–Trinajstić information content (AvgIpc) is 2.59. The van der Waals surface area contributed by atoms with Crippen LogP contribution in [0, 0.1) is 12.8 Å². The minimum absolute atomic E-state index is 0.329. The Morgan fingerprint density at radius 1 is 1.33 bits per heavy atom. The van der Waals surface area contributed by atoms with Crippen LogP contribution in [0.1, 0.15) is 50.3 Å². The summed E-state index contributed by atoms with van der Waals surface area (Å²) >= 11 is 1.75. The molecule has 0 aliphatic rings. The van der Waals surface area contributed by atoms with E-state index in [-0.39, 0.29) is 0 Å². The third-order valence-corrected chi connectivity index (χ3v) is 3.63. The molecule has 0 aliphatic heterocycles. The molecule has 1 aromatic rings. The predicted molar refractivity (Wildman–Crippen MR) is 67.8 cm³/mol. The van der Waals surface area contributed by atoms with Crippen LogP contribution in [0.4, 0.5) is 0 Å². The normalized spacial score (nSPS) is 13.4. The maximum absolute atomic E-state index is 5.60. The number of hydrogen-bond donors (Lipinski definition) is 2. The Balaban J connectivity index is 2.46. The molecule has 0 amide bonds. The third-order valence-electron chi connectivity index (χ3n) is 2.75. The second-order valence-electron chi connectivity index (χ2n) is 4.55. The fourth-order valence-electron chi connectivity index (χ4n) is 1.79. The zero-order chi connectivity index (χ0) is 11.3. The van der Waals surface area contributed by atoms with Gasteiger partial charge in [-0.1, -0.05) is 26.7 Å². The molecule has 0 saturated carbocycles. The van der Waals surface area contributed by atoms with Gasteiger partial charge >= 0.3 is 0 Å². The number of hydrogen-bond acceptors (Lipinski definition) is 3. The molecule has 1 aromatic heterocycles. The number of hydrazine groups is 1. The molecule has 0 fully saturated rings. The van der Waals surface area contributed by atoms with Crippen LogP contribution in [0.15, 0.2) is 10.8 Å². The second-order valence-corrected chi connectivity index (χ2v) is 5.30. The molecule has 0 saturated heterocycles. The highest BCUT2D eigenvalue weighted by Gasteiger charge is 2.12. The first-order chi connectivity index (χ1) is 7.15. The molecule has 1 rings (SSSR count). The molecule has 0 aliphatic carbocycles. The molecule has 1 unspecified atom stereocenters. The molecular formula is C12H22N2S. The first kappa shape index (κ1) is 12.7. The Morgan fingerprint density at radius 2 is 2.07 bits per heavy atom. The van der Waals surface area contributed by atoms with Gasteiger partial charge in [0.25, 0.3) is 0 Å².